The first kappa shape index (κ1) is 19.8. The van der Waals surface area contributed by atoms with Crippen molar-refractivity contribution in [2.24, 2.45) is 11.1 Å². The number of hydrogen-bond donors (Lipinski definition) is 2. The number of anilines is 1. The van der Waals surface area contributed by atoms with E-state index in [1.54, 1.807) is 7.11 Å². The average molecular weight is 394 g/mol. The fraction of sp³-hybridized carbons (Fsp3) is 0.556. The van der Waals surface area contributed by atoms with Crippen LogP contribution in [0.1, 0.15) is 31.7 Å². The topological polar surface area (TPSA) is 110 Å². The maximum absolute atomic E-state index is 11.3. The number of nitrogens with zero attached hydrogens (tertiary/aromatic N) is 3. The predicted molar refractivity (Wildman–Crippen MR) is 106 cm³/mol. The molecule has 0 amide bonds. The zero-order valence-corrected chi connectivity index (χ0v) is 17.2. The first-order chi connectivity index (χ1) is 12.5. The van der Waals surface area contributed by atoms with Gasteiger partial charge in [0.05, 0.1) is 7.11 Å². The Labute approximate surface area is 160 Å². The number of fused-ring (bicyclic) bond motifs is 1. The Morgan fingerprint density at radius 1 is 1.30 bits per heavy atom. The van der Waals surface area contributed by atoms with Crippen molar-refractivity contribution in [1.82, 2.24) is 14.7 Å². The van der Waals surface area contributed by atoms with E-state index in [9.17, 15) is 8.42 Å². The molecular weight excluding hydrogens is 366 g/mol. The molecule has 27 heavy (non-hydrogen) atoms. The molecule has 1 aromatic heterocycles. The number of methoxy groups -OCH3 is 1. The van der Waals surface area contributed by atoms with Gasteiger partial charge in [0.15, 0.2) is 0 Å². The quantitative estimate of drug-likeness (QED) is 0.772. The summed E-state index contributed by atoms with van der Waals surface area (Å²) in [4.78, 5) is 11.4. The molecule has 9 heteroatoms. The highest BCUT2D eigenvalue weighted by atomic mass is 32.2. The minimum atomic E-state index is -3.72. The number of aryl methyl sites for hydroxylation is 2. The summed E-state index contributed by atoms with van der Waals surface area (Å²) >= 11 is 0. The molecule has 1 aromatic carbocycles. The Balaban J connectivity index is 1.81. The summed E-state index contributed by atoms with van der Waals surface area (Å²) in [6, 6.07) is 4.04. The van der Waals surface area contributed by atoms with Gasteiger partial charge in [0, 0.05) is 24.0 Å². The number of rotatable bonds is 6. The van der Waals surface area contributed by atoms with Crippen molar-refractivity contribution >= 4 is 26.9 Å². The number of nitrogens with one attached hydrogen (secondary N) is 1. The van der Waals surface area contributed by atoms with Gasteiger partial charge >= 0.3 is 0 Å². The summed E-state index contributed by atoms with van der Waals surface area (Å²) in [5, 5.41) is 6.08. The molecular formula is C18H27N5O3S. The van der Waals surface area contributed by atoms with E-state index in [-0.39, 0.29) is 0 Å². The predicted octanol–water partition coefficient (Wildman–Crippen LogP) is 1.65. The fourth-order valence-corrected chi connectivity index (χ4v) is 4.74. The molecule has 3 rings (SSSR count). The van der Waals surface area contributed by atoms with Crippen LogP contribution in [0.2, 0.25) is 0 Å². The molecule has 0 saturated carbocycles. The molecule has 0 spiro atoms. The van der Waals surface area contributed by atoms with Gasteiger partial charge in [0.2, 0.25) is 0 Å². The third-order valence-corrected chi connectivity index (χ3v) is 5.63. The smallest absolute Gasteiger partial charge is 0.274 e. The molecule has 1 fully saturated rings. The van der Waals surface area contributed by atoms with Gasteiger partial charge in [-0.2, -0.15) is 13.1 Å². The number of benzene rings is 1. The molecule has 1 saturated heterocycles. The number of hydrogen-bond acceptors (Lipinski definition) is 6. The standard InChI is InChI=1S/C18H27N5O3S/c1-11-6-7-14-15(16(11)26-5)20-12(2)21-17(14)23-9-13(10-23)8-18(3,4)22-27(19,24)25/h6-7,13,22H,8-10H2,1-5H3,(H2,19,24,25). The van der Waals surface area contributed by atoms with Crippen LogP contribution in [0.3, 0.4) is 0 Å². The lowest BCUT2D eigenvalue weighted by Crippen LogP contribution is -2.54. The van der Waals surface area contributed by atoms with Gasteiger partial charge in [-0.1, -0.05) is 6.07 Å². The SMILES string of the molecule is COc1c(C)ccc2c(N3CC(CC(C)(C)NS(N)(=O)=O)C3)nc(C)nc12. The van der Waals surface area contributed by atoms with Gasteiger partial charge in [-0.05, 0) is 51.7 Å². The summed E-state index contributed by atoms with van der Waals surface area (Å²) < 4.78 is 30.7. The first-order valence-corrected chi connectivity index (χ1v) is 10.4. The zero-order chi connectivity index (χ0) is 20.0. The first-order valence-electron chi connectivity index (χ1n) is 8.88. The van der Waals surface area contributed by atoms with Crippen LogP contribution in [-0.2, 0) is 10.2 Å². The third-order valence-electron chi connectivity index (χ3n) is 4.79. The Bertz CT molecular complexity index is 969. The highest BCUT2D eigenvalue weighted by Crippen LogP contribution is 2.36. The summed E-state index contributed by atoms with van der Waals surface area (Å²) in [5.41, 5.74) is 1.26. The van der Waals surface area contributed by atoms with Crippen LogP contribution in [0.15, 0.2) is 12.1 Å². The molecule has 8 nitrogen and oxygen atoms in total. The average Bonchev–Trinajstić information content (AvgIpc) is 2.47. The maximum atomic E-state index is 11.3. The lowest BCUT2D eigenvalue weighted by atomic mass is 9.86. The largest absolute Gasteiger partial charge is 0.494 e. The lowest BCUT2D eigenvalue weighted by Gasteiger charge is -2.43. The zero-order valence-electron chi connectivity index (χ0n) is 16.4. The van der Waals surface area contributed by atoms with Crippen molar-refractivity contribution in [2.45, 2.75) is 39.7 Å². The van der Waals surface area contributed by atoms with Crippen LogP contribution in [0.25, 0.3) is 10.9 Å². The van der Waals surface area contributed by atoms with E-state index >= 15 is 0 Å². The van der Waals surface area contributed by atoms with Crippen LogP contribution in [0.4, 0.5) is 5.82 Å². The van der Waals surface area contributed by atoms with Gasteiger partial charge in [-0.15, -0.1) is 0 Å². The minimum absolute atomic E-state index is 0.354. The van der Waals surface area contributed by atoms with Crippen molar-refractivity contribution in [1.29, 1.82) is 0 Å². The Morgan fingerprint density at radius 2 is 1.96 bits per heavy atom. The molecule has 3 N–H and O–H groups in total. The van der Waals surface area contributed by atoms with E-state index in [1.807, 2.05) is 39.8 Å². The van der Waals surface area contributed by atoms with Crippen LogP contribution in [0, 0.1) is 19.8 Å². The summed E-state index contributed by atoms with van der Waals surface area (Å²) in [7, 11) is -2.07. The number of aromatic nitrogens is 2. The fourth-order valence-electron chi connectivity index (χ4n) is 3.88. The molecule has 2 aromatic rings. The van der Waals surface area contributed by atoms with Gasteiger partial charge in [-0.3, -0.25) is 0 Å². The molecule has 0 radical (unpaired) electrons. The number of ether oxygens (including phenoxy) is 1. The molecule has 0 bridgehead atoms. The van der Waals surface area contributed by atoms with E-state index in [4.69, 9.17) is 9.88 Å². The van der Waals surface area contributed by atoms with Crippen molar-refractivity contribution in [3.05, 3.63) is 23.5 Å². The lowest BCUT2D eigenvalue weighted by molar-refractivity contribution is 0.289. The summed E-state index contributed by atoms with van der Waals surface area (Å²) in [5.74, 6) is 2.71. The maximum Gasteiger partial charge on any atom is 0.274 e. The van der Waals surface area contributed by atoms with Crippen LogP contribution in [0.5, 0.6) is 5.75 Å². The molecule has 0 atom stereocenters. The van der Waals surface area contributed by atoms with Gasteiger partial charge in [-0.25, -0.2) is 15.1 Å². The van der Waals surface area contributed by atoms with Crippen molar-refractivity contribution < 1.29 is 13.2 Å². The minimum Gasteiger partial charge on any atom is -0.494 e. The molecule has 0 unspecified atom stereocenters. The van der Waals surface area contributed by atoms with E-state index in [2.05, 4.69) is 19.6 Å². The van der Waals surface area contributed by atoms with Gasteiger partial charge in [0.1, 0.15) is 22.9 Å². The van der Waals surface area contributed by atoms with Gasteiger partial charge < -0.3 is 9.64 Å². The van der Waals surface area contributed by atoms with Crippen LogP contribution < -0.4 is 19.5 Å². The van der Waals surface area contributed by atoms with E-state index in [0.29, 0.717) is 18.2 Å². The van der Waals surface area contributed by atoms with Crippen LogP contribution >= 0.6 is 0 Å². The van der Waals surface area contributed by atoms with Crippen LogP contribution in [-0.4, -0.2) is 44.1 Å². The third kappa shape index (κ3) is 4.31. The normalized spacial score (nSPS) is 15.9. The second kappa shape index (κ2) is 6.88. The highest BCUT2D eigenvalue weighted by Gasteiger charge is 2.35. The highest BCUT2D eigenvalue weighted by molar-refractivity contribution is 7.87. The van der Waals surface area contributed by atoms with E-state index < -0.39 is 15.7 Å². The Morgan fingerprint density at radius 3 is 2.56 bits per heavy atom. The van der Waals surface area contributed by atoms with E-state index in [1.165, 1.54) is 0 Å². The van der Waals surface area contributed by atoms with Gasteiger partial charge in [0.25, 0.3) is 10.2 Å². The molecule has 2 heterocycles. The molecule has 1 aliphatic heterocycles. The molecule has 0 aliphatic carbocycles. The molecule has 1 aliphatic rings. The van der Waals surface area contributed by atoms with Crippen molar-refractivity contribution in [3.8, 4) is 5.75 Å². The number of nitrogens with two attached hydrogens (primary N) is 1. The second-order valence-electron chi connectivity index (χ2n) is 7.91. The van der Waals surface area contributed by atoms with Crippen molar-refractivity contribution in [2.75, 3.05) is 25.1 Å². The molecule has 148 valence electrons. The Hall–Kier alpha value is -1.97. The monoisotopic (exact) mass is 393 g/mol. The second-order valence-corrected chi connectivity index (χ2v) is 9.21. The van der Waals surface area contributed by atoms with Crippen molar-refractivity contribution in [3.63, 3.8) is 0 Å². The van der Waals surface area contributed by atoms with E-state index in [0.717, 1.165) is 41.1 Å². The summed E-state index contributed by atoms with van der Waals surface area (Å²) in [6.45, 7) is 9.17. The summed E-state index contributed by atoms with van der Waals surface area (Å²) in [6.07, 6.45) is 0.699. The Kier molecular flexibility index (Phi) is 5.04.